The molecule has 0 spiro atoms. The Labute approximate surface area is 87.1 Å². The molecule has 0 saturated carbocycles. The molecule has 0 bridgehead atoms. The molecule has 0 radical (unpaired) electrons. The Bertz CT molecular complexity index is 192. The van der Waals surface area contributed by atoms with Crippen LogP contribution in [0.4, 0.5) is 0 Å². The lowest BCUT2D eigenvalue weighted by Crippen LogP contribution is -2.44. The predicted molar refractivity (Wildman–Crippen MR) is 58.3 cm³/mol. The first-order valence-corrected chi connectivity index (χ1v) is 5.23. The van der Waals surface area contributed by atoms with Crippen LogP contribution >= 0.6 is 0 Å². The van der Waals surface area contributed by atoms with E-state index in [1.807, 2.05) is 14.0 Å². The topological polar surface area (TPSA) is 40.5 Å². The van der Waals surface area contributed by atoms with E-state index in [1.54, 1.807) is 6.92 Å². The number of carboxylic acids is 1. The van der Waals surface area contributed by atoms with Gasteiger partial charge in [0, 0.05) is 12.1 Å². The quantitative estimate of drug-likeness (QED) is 0.740. The van der Waals surface area contributed by atoms with Crippen LogP contribution in [0.25, 0.3) is 0 Å². The van der Waals surface area contributed by atoms with Crippen LogP contribution in [0.15, 0.2) is 0 Å². The van der Waals surface area contributed by atoms with Gasteiger partial charge in [-0.05, 0) is 26.8 Å². The van der Waals surface area contributed by atoms with Gasteiger partial charge in [-0.15, -0.1) is 0 Å². The first-order valence-electron chi connectivity index (χ1n) is 5.23. The van der Waals surface area contributed by atoms with Crippen molar-refractivity contribution in [3.05, 3.63) is 0 Å². The third-order valence-electron chi connectivity index (χ3n) is 3.36. The molecule has 0 saturated heterocycles. The molecule has 0 aromatic carbocycles. The van der Waals surface area contributed by atoms with E-state index >= 15 is 0 Å². The highest BCUT2D eigenvalue weighted by Gasteiger charge is 2.26. The van der Waals surface area contributed by atoms with Gasteiger partial charge < -0.3 is 5.11 Å². The number of aliphatic carboxylic acids is 1. The Morgan fingerprint density at radius 3 is 1.79 bits per heavy atom. The lowest BCUT2D eigenvalue weighted by Gasteiger charge is -2.35. The molecule has 0 rings (SSSR count). The van der Waals surface area contributed by atoms with E-state index in [1.165, 1.54) is 0 Å². The monoisotopic (exact) mass is 201 g/mol. The Hall–Kier alpha value is -0.570. The third-order valence-corrected chi connectivity index (χ3v) is 3.36. The minimum absolute atomic E-state index is 0.0740. The molecule has 0 aliphatic heterocycles. The van der Waals surface area contributed by atoms with Gasteiger partial charge >= 0.3 is 5.97 Å². The van der Waals surface area contributed by atoms with Crippen molar-refractivity contribution >= 4 is 5.97 Å². The van der Waals surface area contributed by atoms with E-state index in [4.69, 9.17) is 5.11 Å². The fourth-order valence-electron chi connectivity index (χ4n) is 1.40. The Balaban J connectivity index is 4.37. The smallest absolute Gasteiger partial charge is 0.307 e. The van der Waals surface area contributed by atoms with E-state index in [9.17, 15) is 4.79 Å². The molecule has 0 heterocycles. The molecule has 14 heavy (non-hydrogen) atoms. The zero-order valence-electron chi connectivity index (χ0n) is 10.1. The summed E-state index contributed by atoms with van der Waals surface area (Å²) in [6.45, 7) is 10.2. The molecule has 0 aliphatic rings. The summed E-state index contributed by atoms with van der Waals surface area (Å²) in [7, 11) is 1.99. The number of hydrogen-bond acceptors (Lipinski definition) is 2. The highest BCUT2D eigenvalue weighted by Crippen LogP contribution is 2.16. The van der Waals surface area contributed by atoms with Gasteiger partial charge in [0.2, 0.25) is 0 Å². The lowest BCUT2D eigenvalue weighted by molar-refractivity contribution is -0.143. The van der Waals surface area contributed by atoms with E-state index in [0.717, 1.165) is 0 Å². The molecule has 3 nitrogen and oxygen atoms in total. The number of nitrogens with zero attached hydrogens (tertiary/aromatic N) is 1. The average molecular weight is 201 g/mol. The minimum Gasteiger partial charge on any atom is -0.481 e. The number of hydrogen-bond donors (Lipinski definition) is 1. The second kappa shape index (κ2) is 5.35. The summed E-state index contributed by atoms with van der Waals surface area (Å²) in [6.07, 6.45) is 0. The van der Waals surface area contributed by atoms with Crippen LogP contribution < -0.4 is 0 Å². The first kappa shape index (κ1) is 13.4. The van der Waals surface area contributed by atoms with Gasteiger partial charge in [0.25, 0.3) is 0 Å². The van der Waals surface area contributed by atoms with Crippen molar-refractivity contribution in [2.75, 3.05) is 7.05 Å². The Kier molecular flexibility index (Phi) is 5.13. The highest BCUT2D eigenvalue weighted by molar-refractivity contribution is 5.70. The minimum atomic E-state index is -0.722. The fourth-order valence-corrected chi connectivity index (χ4v) is 1.40. The summed E-state index contributed by atoms with van der Waals surface area (Å²) in [6, 6.07) is 0.483. The zero-order chi connectivity index (χ0) is 11.5. The van der Waals surface area contributed by atoms with Crippen molar-refractivity contribution < 1.29 is 9.90 Å². The molecule has 3 atom stereocenters. The summed E-state index contributed by atoms with van der Waals surface area (Å²) in [5.41, 5.74) is 0. The molecule has 0 fully saturated rings. The molecule has 3 heteroatoms. The van der Waals surface area contributed by atoms with E-state index in [0.29, 0.717) is 12.0 Å². The molecule has 0 aliphatic carbocycles. The number of carbonyl (C=O) groups is 1. The second-order valence-corrected chi connectivity index (χ2v) is 4.52. The Morgan fingerprint density at radius 1 is 1.07 bits per heavy atom. The van der Waals surface area contributed by atoms with E-state index in [-0.39, 0.29) is 12.0 Å². The maximum atomic E-state index is 10.8. The van der Waals surface area contributed by atoms with Crippen LogP contribution in [0.5, 0.6) is 0 Å². The number of rotatable bonds is 5. The molecule has 0 aromatic heterocycles. The summed E-state index contributed by atoms with van der Waals surface area (Å²) >= 11 is 0. The normalized spacial score (nSPS) is 18.3. The van der Waals surface area contributed by atoms with Gasteiger partial charge in [-0.1, -0.05) is 20.8 Å². The summed E-state index contributed by atoms with van der Waals surface area (Å²) in [5.74, 6) is -0.495. The fraction of sp³-hybridized carbons (Fsp3) is 0.909. The van der Waals surface area contributed by atoms with Crippen LogP contribution in [0, 0.1) is 11.8 Å². The van der Waals surface area contributed by atoms with Gasteiger partial charge in [0.15, 0.2) is 0 Å². The van der Waals surface area contributed by atoms with Crippen molar-refractivity contribution in [1.82, 2.24) is 4.90 Å². The first-order chi connectivity index (χ1) is 6.29. The van der Waals surface area contributed by atoms with Crippen LogP contribution in [0.3, 0.4) is 0 Å². The molecular weight excluding hydrogens is 178 g/mol. The van der Waals surface area contributed by atoms with Crippen molar-refractivity contribution in [2.24, 2.45) is 11.8 Å². The van der Waals surface area contributed by atoms with Crippen molar-refractivity contribution in [3.8, 4) is 0 Å². The maximum Gasteiger partial charge on any atom is 0.307 e. The third kappa shape index (κ3) is 3.29. The second-order valence-electron chi connectivity index (χ2n) is 4.52. The molecular formula is C11H23NO2. The standard InChI is InChI=1S/C11H23NO2/c1-7(2)9(4)12(6)10(5)8(3)11(13)14/h7-10H,1-6H3,(H,13,14). The average Bonchev–Trinajstić information content (AvgIpc) is 2.12. The summed E-state index contributed by atoms with van der Waals surface area (Å²) in [5, 5.41) is 8.90. The number of carboxylic acid groups (broad SMARTS) is 1. The molecule has 0 aromatic rings. The lowest BCUT2D eigenvalue weighted by atomic mass is 9.97. The van der Waals surface area contributed by atoms with Gasteiger partial charge in [-0.2, -0.15) is 0 Å². The van der Waals surface area contributed by atoms with Crippen LogP contribution in [0.1, 0.15) is 34.6 Å². The van der Waals surface area contributed by atoms with Gasteiger partial charge in [-0.3, -0.25) is 9.69 Å². The van der Waals surface area contributed by atoms with Crippen LogP contribution in [0.2, 0.25) is 0 Å². The Morgan fingerprint density at radius 2 is 1.50 bits per heavy atom. The van der Waals surface area contributed by atoms with Gasteiger partial charge in [0.1, 0.15) is 0 Å². The van der Waals surface area contributed by atoms with E-state index < -0.39 is 5.97 Å². The van der Waals surface area contributed by atoms with Crippen molar-refractivity contribution in [3.63, 3.8) is 0 Å². The maximum absolute atomic E-state index is 10.8. The molecule has 3 unspecified atom stereocenters. The molecule has 84 valence electrons. The summed E-state index contributed by atoms with van der Waals surface area (Å²) < 4.78 is 0. The van der Waals surface area contributed by atoms with Gasteiger partial charge in [-0.25, -0.2) is 0 Å². The SMILES string of the molecule is CC(C)C(C)N(C)C(C)C(C)C(=O)O. The zero-order valence-corrected chi connectivity index (χ0v) is 10.1. The summed E-state index contributed by atoms with van der Waals surface area (Å²) in [4.78, 5) is 13.0. The van der Waals surface area contributed by atoms with Gasteiger partial charge in [0.05, 0.1) is 5.92 Å². The highest BCUT2D eigenvalue weighted by atomic mass is 16.4. The van der Waals surface area contributed by atoms with Crippen LogP contribution in [-0.4, -0.2) is 35.1 Å². The van der Waals surface area contributed by atoms with Crippen molar-refractivity contribution in [1.29, 1.82) is 0 Å². The van der Waals surface area contributed by atoms with E-state index in [2.05, 4.69) is 25.7 Å². The van der Waals surface area contributed by atoms with Crippen molar-refractivity contribution in [2.45, 2.75) is 46.7 Å². The predicted octanol–water partition coefficient (Wildman–Crippen LogP) is 2.07. The largest absolute Gasteiger partial charge is 0.481 e. The molecule has 1 N–H and O–H groups in total. The van der Waals surface area contributed by atoms with Crippen LogP contribution in [-0.2, 0) is 4.79 Å². The molecule has 0 amide bonds.